The van der Waals surface area contributed by atoms with Gasteiger partial charge in [0.1, 0.15) is 5.41 Å². The number of amides is 2. The summed E-state index contributed by atoms with van der Waals surface area (Å²) >= 11 is 0. The van der Waals surface area contributed by atoms with Gasteiger partial charge in [-0.2, -0.15) is 13.2 Å². The molecule has 9 heteroatoms. The number of carbonyl (C=O) groups excluding carboxylic acids is 2. The normalized spacial score (nSPS) is 21.6. The van der Waals surface area contributed by atoms with Crippen molar-refractivity contribution in [2.45, 2.75) is 63.5 Å². The van der Waals surface area contributed by atoms with Gasteiger partial charge in [0.05, 0.1) is 18.9 Å². The van der Waals surface area contributed by atoms with Crippen LogP contribution in [0, 0.1) is 0 Å². The fourth-order valence-electron chi connectivity index (χ4n) is 5.77. The second kappa shape index (κ2) is 9.41. The number of alkyl halides is 3. The highest BCUT2D eigenvalue weighted by molar-refractivity contribution is 6.17. The number of carbonyl (C=O) groups is 2. The van der Waals surface area contributed by atoms with Crippen LogP contribution in [0.15, 0.2) is 52.2 Å². The van der Waals surface area contributed by atoms with E-state index < -0.39 is 24.1 Å². The number of rotatable bonds is 6. The Morgan fingerprint density at radius 2 is 1.94 bits per heavy atom. The minimum Gasteiger partial charge on any atom is -0.450 e. The summed E-state index contributed by atoms with van der Waals surface area (Å²) in [5, 5.41) is 0. The molecule has 192 valence electrons. The number of halogens is 3. The SMILES string of the molecule is CCOC(=O)N1CC2(C1)C(=O)N(CC1=NC3=C(CCCC3)C1=CCCCC(F)(F)F)c1ccccc12. The summed E-state index contributed by atoms with van der Waals surface area (Å²) in [6, 6.07) is 7.62. The molecule has 3 heterocycles. The van der Waals surface area contributed by atoms with Crippen LogP contribution in [-0.2, 0) is 14.9 Å². The van der Waals surface area contributed by atoms with Crippen molar-refractivity contribution in [3.05, 3.63) is 52.7 Å². The molecule has 1 aromatic rings. The van der Waals surface area contributed by atoms with Crippen molar-refractivity contribution in [2.24, 2.45) is 4.99 Å². The maximum atomic E-state index is 13.8. The Kier molecular flexibility index (Phi) is 6.43. The van der Waals surface area contributed by atoms with Crippen LogP contribution in [0.3, 0.4) is 0 Å². The zero-order chi connectivity index (χ0) is 25.5. The Morgan fingerprint density at radius 3 is 2.69 bits per heavy atom. The first-order valence-corrected chi connectivity index (χ1v) is 12.6. The summed E-state index contributed by atoms with van der Waals surface area (Å²) in [4.78, 5) is 34.2. The van der Waals surface area contributed by atoms with Gasteiger partial charge in [-0.25, -0.2) is 4.79 Å². The number of fused-ring (bicyclic) bond motifs is 2. The van der Waals surface area contributed by atoms with Crippen LogP contribution in [-0.4, -0.2) is 55.0 Å². The third-order valence-corrected chi connectivity index (χ3v) is 7.48. The number of allylic oxidation sites excluding steroid dienone is 3. The van der Waals surface area contributed by atoms with Crippen molar-refractivity contribution in [3.8, 4) is 0 Å². The lowest BCUT2D eigenvalue weighted by atomic mass is 9.75. The number of benzene rings is 1. The third kappa shape index (κ3) is 4.33. The van der Waals surface area contributed by atoms with E-state index in [-0.39, 0.29) is 38.6 Å². The molecule has 1 aliphatic carbocycles. The van der Waals surface area contributed by atoms with Crippen LogP contribution >= 0.6 is 0 Å². The van der Waals surface area contributed by atoms with Gasteiger partial charge in [-0.15, -0.1) is 0 Å². The Morgan fingerprint density at radius 1 is 1.19 bits per heavy atom. The fourth-order valence-corrected chi connectivity index (χ4v) is 5.77. The first-order valence-electron chi connectivity index (χ1n) is 12.6. The van der Waals surface area contributed by atoms with Gasteiger partial charge in [-0.3, -0.25) is 9.79 Å². The number of ether oxygens (including phenoxy) is 1. The van der Waals surface area contributed by atoms with E-state index in [2.05, 4.69) is 0 Å². The van der Waals surface area contributed by atoms with E-state index in [1.54, 1.807) is 16.7 Å². The molecular formula is C27H30F3N3O3. The highest BCUT2D eigenvalue weighted by atomic mass is 19.4. The van der Waals surface area contributed by atoms with E-state index >= 15 is 0 Å². The molecule has 1 fully saturated rings. The van der Waals surface area contributed by atoms with Crippen LogP contribution in [0.1, 0.15) is 57.4 Å². The quantitative estimate of drug-likeness (QED) is 0.471. The fraction of sp³-hybridized carbons (Fsp3) is 0.519. The molecule has 0 radical (unpaired) electrons. The van der Waals surface area contributed by atoms with Gasteiger partial charge in [0.2, 0.25) is 5.91 Å². The molecule has 1 saturated heterocycles. The number of aliphatic imine (C=N–C) groups is 1. The molecule has 0 saturated carbocycles. The topological polar surface area (TPSA) is 62.2 Å². The van der Waals surface area contributed by atoms with E-state index in [0.717, 1.165) is 59.5 Å². The maximum Gasteiger partial charge on any atom is 0.409 e. The van der Waals surface area contributed by atoms with Crippen molar-refractivity contribution >= 4 is 23.4 Å². The zero-order valence-electron chi connectivity index (χ0n) is 20.4. The predicted molar refractivity (Wildman–Crippen MR) is 130 cm³/mol. The lowest BCUT2D eigenvalue weighted by Crippen LogP contribution is -2.65. The summed E-state index contributed by atoms with van der Waals surface area (Å²) in [7, 11) is 0. The average molecular weight is 502 g/mol. The van der Waals surface area contributed by atoms with Gasteiger partial charge in [0, 0.05) is 30.9 Å². The maximum absolute atomic E-state index is 13.8. The molecule has 0 bridgehead atoms. The van der Waals surface area contributed by atoms with Gasteiger partial charge in [0.25, 0.3) is 0 Å². The molecule has 2 amide bonds. The molecule has 0 N–H and O–H groups in total. The van der Waals surface area contributed by atoms with Crippen LogP contribution in [0.4, 0.5) is 23.7 Å². The minimum atomic E-state index is -4.17. The molecule has 4 aliphatic rings. The molecule has 0 aromatic heterocycles. The van der Waals surface area contributed by atoms with Crippen LogP contribution in [0.5, 0.6) is 0 Å². The van der Waals surface area contributed by atoms with Crippen LogP contribution in [0.2, 0.25) is 0 Å². The summed E-state index contributed by atoms with van der Waals surface area (Å²) in [5.74, 6) is -0.0757. The summed E-state index contributed by atoms with van der Waals surface area (Å²) < 4.78 is 43.1. The highest BCUT2D eigenvalue weighted by Gasteiger charge is 2.59. The number of likely N-dealkylation sites (tertiary alicyclic amines) is 1. The Balaban J connectivity index is 1.38. The van der Waals surface area contributed by atoms with Crippen molar-refractivity contribution in [1.29, 1.82) is 0 Å². The van der Waals surface area contributed by atoms with Gasteiger partial charge in [-0.05, 0) is 68.2 Å². The summed E-state index contributed by atoms with van der Waals surface area (Å²) in [6.07, 6.45) is 0.592. The van der Waals surface area contributed by atoms with Gasteiger partial charge in [-0.1, -0.05) is 24.3 Å². The number of anilines is 1. The highest BCUT2D eigenvalue weighted by Crippen LogP contribution is 2.48. The average Bonchev–Trinajstić information content (AvgIpc) is 3.28. The van der Waals surface area contributed by atoms with Crippen molar-refractivity contribution in [1.82, 2.24) is 4.90 Å². The minimum absolute atomic E-state index is 0.0289. The third-order valence-electron chi connectivity index (χ3n) is 7.48. The number of unbranched alkanes of at least 4 members (excludes halogenated alkanes) is 1. The molecule has 36 heavy (non-hydrogen) atoms. The van der Waals surface area contributed by atoms with Crippen molar-refractivity contribution in [2.75, 3.05) is 31.1 Å². The van der Waals surface area contributed by atoms with E-state index in [4.69, 9.17) is 9.73 Å². The lowest BCUT2D eigenvalue weighted by molar-refractivity contribution is -0.135. The summed E-state index contributed by atoms with van der Waals surface area (Å²) in [5.41, 5.74) is 4.67. The van der Waals surface area contributed by atoms with E-state index in [1.165, 1.54) is 0 Å². The monoisotopic (exact) mass is 501 g/mol. The Labute approximate surface area is 208 Å². The molecule has 1 aromatic carbocycles. The largest absolute Gasteiger partial charge is 0.450 e. The second-order valence-corrected chi connectivity index (χ2v) is 9.86. The van der Waals surface area contributed by atoms with Crippen molar-refractivity contribution in [3.63, 3.8) is 0 Å². The molecule has 0 atom stereocenters. The van der Waals surface area contributed by atoms with Gasteiger partial charge >= 0.3 is 12.3 Å². The molecule has 0 unspecified atom stereocenters. The Hall–Kier alpha value is -3.10. The molecule has 5 rings (SSSR count). The van der Waals surface area contributed by atoms with E-state index in [0.29, 0.717) is 6.42 Å². The molecular weight excluding hydrogens is 471 g/mol. The lowest BCUT2D eigenvalue weighted by Gasteiger charge is -2.45. The molecule has 3 aliphatic heterocycles. The Bertz CT molecular complexity index is 1160. The van der Waals surface area contributed by atoms with Gasteiger partial charge < -0.3 is 14.5 Å². The number of hydrogen-bond acceptors (Lipinski definition) is 4. The molecule has 1 spiro atoms. The smallest absolute Gasteiger partial charge is 0.409 e. The summed E-state index contributed by atoms with van der Waals surface area (Å²) in [6.45, 7) is 2.80. The van der Waals surface area contributed by atoms with Crippen LogP contribution < -0.4 is 4.90 Å². The predicted octanol–water partition coefficient (Wildman–Crippen LogP) is 5.68. The molecule has 6 nitrogen and oxygen atoms in total. The van der Waals surface area contributed by atoms with Gasteiger partial charge in [0.15, 0.2) is 0 Å². The van der Waals surface area contributed by atoms with Crippen molar-refractivity contribution < 1.29 is 27.5 Å². The van der Waals surface area contributed by atoms with Crippen LogP contribution in [0.25, 0.3) is 0 Å². The first kappa shape index (κ1) is 24.6. The number of nitrogens with zero attached hydrogens (tertiary/aromatic N) is 3. The van der Waals surface area contributed by atoms with E-state index in [1.807, 2.05) is 30.3 Å². The van der Waals surface area contributed by atoms with E-state index in [9.17, 15) is 22.8 Å². The number of para-hydroxylation sites is 1. The second-order valence-electron chi connectivity index (χ2n) is 9.86. The first-order chi connectivity index (χ1) is 17.2. The standard InChI is InChI=1S/C27H30F3N3O3/c1-2-36-25(35)32-16-26(17-32)20-11-4-6-13-23(20)33(24(26)34)15-22-19(10-7-8-14-27(28,29)30)18-9-3-5-12-21(18)31-22/h4,6,10-11,13H,2-3,5,7-9,12,14-17H2,1H3. The number of hydrogen-bond donors (Lipinski definition) is 0. The zero-order valence-corrected chi connectivity index (χ0v) is 20.4.